The van der Waals surface area contributed by atoms with Gasteiger partial charge in [0, 0.05) is 25.2 Å². The van der Waals surface area contributed by atoms with Gasteiger partial charge >= 0.3 is 0 Å². The van der Waals surface area contributed by atoms with E-state index in [-0.39, 0.29) is 5.69 Å². The molecular formula is C14H21BrN4O2. The number of halogens is 1. The molecule has 0 radical (unpaired) electrons. The molecule has 21 heavy (non-hydrogen) atoms. The minimum atomic E-state index is -0.424. The molecule has 1 aromatic rings. The Morgan fingerprint density at radius 2 is 2.38 bits per heavy atom. The first-order valence-corrected chi connectivity index (χ1v) is 8.05. The topological polar surface area (TPSA) is 71.3 Å². The molecule has 1 saturated heterocycles. The summed E-state index contributed by atoms with van der Waals surface area (Å²) >= 11 is 3.41. The van der Waals surface area contributed by atoms with E-state index in [4.69, 9.17) is 0 Å². The molecule has 1 atom stereocenters. The van der Waals surface area contributed by atoms with Crippen LogP contribution in [0, 0.1) is 16.0 Å². The number of hydrogen-bond acceptors (Lipinski definition) is 5. The maximum Gasteiger partial charge on any atom is 0.288 e. The number of pyridine rings is 1. The summed E-state index contributed by atoms with van der Waals surface area (Å²) in [6.45, 7) is 7.17. The number of piperidine rings is 1. The minimum absolute atomic E-state index is 0.0145. The Hall–Kier alpha value is -1.21. The van der Waals surface area contributed by atoms with Gasteiger partial charge in [0.2, 0.25) is 0 Å². The molecule has 1 N–H and O–H groups in total. The molecule has 1 aliphatic rings. The van der Waals surface area contributed by atoms with Crippen LogP contribution in [-0.4, -0.2) is 35.6 Å². The summed E-state index contributed by atoms with van der Waals surface area (Å²) in [4.78, 5) is 16.8. The zero-order chi connectivity index (χ0) is 15.4. The Kier molecular flexibility index (Phi) is 5.52. The van der Waals surface area contributed by atoms with Crippen LogP contribution in [0.25, 0.3) is 0 Å². The summed E-state index contributed by atoms with van der Waals surface area (Å²) in [6.07, 6.45) is 3.66. The van der Waals surface area contributed by atoms with Crippen LogP contribution >= 0.6 is 15.9 Å². The molecule has 0 aromatic carbocycles. The Labute approximate surface area is 133 Å². The van der Waals surface area contributed by atoms with Crippen LogP contribution < -0.4 is 10.2 Å². The highest BCUT2D eigenvalue weighted by molar-refractivity contribution is 9.10. The van der Waals surface area contributed by atoms with Crippen molar-refractivity contribution in [3.05, 3.63) is 26.9 Å². The van der Waals surface area contributed by atoms with E-state index in [1.54, 1.807) is 0 Å². The second-order valence-electron chi connectivity index (χ2n) is 5.77. The Balaban J connectivity index is 2.05. The van der Waals surface area contributed by atoms with Crippen molar-refractivity contribution >= 4 is 27.4 Å². The maximum atomic E-state index is 10.8. The lowest BCUT2D eigenvalue weighted by molar-refractivity contribution is -0.385. The van der Waals surface area contributed by atoms with Crippen molar-refractivity contribution < 1.29 is 4.92 Å². The number of rotatable bonds is 5. The fourth-order valence-corrected chi connectivity index (χ4v) is 3.17. The first-order valence-electron chi connectivity index (χ1n) is 7.25. The van der Waals surface area contributed by atoms with Crippen LogP contribution in [0.2, 0.25) is 0 Å². The number of nitrogens with one attached hydrogen (secondary N) is 1. The number of hydrogen-bond donors (Lipinski definition) is 1. The summed E-state index contributed by atoms with van der Waals surface area (Å²) in [5, 5.41) is 14.2. The lowest BCUT2D eigenvalue weighted by atomic mass is 9.97. The molecule has 1 fully saturated rings. The SMILES string of the molecule is CC(C)NCC1CCCN(c2ncc([N+](=O)[O-])cc2Br)C1. The van der Waals surface area contributed by atoms with Gasteiger partial charge in [-0.25, -0.2) is 4.98 Å². The summed E-state index contributed by atoms with van der Waals surface area (Å²) in [7, 11) is 0. The predicted molar refractivity (Wildman–Crippen MR) is 86.7 cm³/mol. The van der Waals surface area contributed by atoms with Crippen molar-refractivity contribution in [1.29, 1.82) is 0 Å². The van der Waals surface area contributed by atoms with Gasteiger partial charge < -0.3 is 10.2 Å². The van der Waals surface area contributed by atoms with Crippen LogP contribution in [0.5, 0.6) is 0 Å². The second kappa shape index (κ2) is 7.17. The number of anilines is 1. The van der Waals surface area contributed by atoms with E-state index in [1.165, 1.54) is 18.7 Å². The van der Waals surface area contributed by atoms with E-state index in [0.29, 0.717) is 16.4 Å². The van der Waals surface area contributed by atoms with E-state index in [9.17, 15) is 10.1 Å². The summed E-state index contributed by atoms with van der Waals surface area (Å²) in [5.41, 5.74) is 0.0145. The molecule has 0 amide bonds. The van der Waals surface area contributed by atoms with Gasteiger partial charge in [0.1, 0.15) is 12.0 Å². The van der Waals surface area contributed by atoms with E-state index in [1.807, 2.05) is 0 Å². The number of nitrogens with zero attached hydrogens (tertiary/aromatic N) is 3. The lowest BCUT2D eigenvalue weighted by Gasteiger charge is -2.34. The Morgan fingerprint density at radius 1 is 1.62 bits per heavy atom. The normalized spacial score (nSPS) is 19.0. The van der Waals surface area contributed by atoms with Gasteiger partial charge in [-0.05, 0) is 41.2 Å². The first kappa shape index (κ1) is 16.2. The fraction of sp³-hybridized carbons (Fsp3) is 0.643. The highest BCUT2D eigenvalue weighted by Crippen LogP contribution is 2.30. The third-order valence-corrected chi connectivity index (χ3v) is 4.24. The zero-order valence-electron chi connectivity index (χ0n) is 12.4. The second-order valence-corrected chi connectivity index (χ2v) is 6.63. The average Bonchev–Trinajstić information content (AvgIpc) is 2.45. The summed E-state index contributed by atoms with van der Waals surface area (Å²) < 4.78 is 0.689. The largest absolute Gasteiger partial charge is 0.355 e. The van der Waals surface area contributed by atoms with Crippen molar-refractivity contribution in [1.82, 2.24) is 10.3 Å². The van der Waals surface area contributed by atoms with Crippen LogP contribution in [0.3, 0.4) is 0 Å². The van der Waals surface area contributed by atoms with Crippen LogP contribution in [0.15, 0.2) is 16.7 Å². The molecule has 2 rings (SSSR count). The van der Waals surface area contributed by atoms with E-state index in [0.717, 1.165) is 31.9 Å². The number of nitro groups is 1. The Morgan fingerprint density at radius 3 is 3.00 bits per heavy atom. The molecule has 0 spiro atoms. The molecule has 1 aromatic heterocycles. The van der Waals surface area contributed by atoms with Gasteiger partial charge in [0.15, 0.2) is 0 Å². The lowest BCUT2D eigenvalue weighted by Crippen LogP contribution is -2.41. The molecule has 0 aliphatic carbocycles. The fourth-order valence-electron chi connectivity index (χ4n) is 2.58. The maximum absolute atomic E-state index is 10.8. The molecule has 1 unspecified atom stereocenters. The summed E-state index contributed by atoms with van der Waals surface area (Å²) in [6, 6.07) is 2.02. The van der Waals surface area contributed by atoms with Crippen molar-refractivity contribution in [3.8, 4) is 0 Å². The summed E-state index contributed by atoms with van der Waals surface area (Å²) in [5.74, 6) is 1.39. The van der Waals surface area contributed by atoms with Gasteiger partial charge in [-0.15, -0.1) is 0 Å². The van der Waals surface area contributed by atoms with Crippen LogP contribution in [-0.2, 0) is 0 Å². The van der Waals surface area contributed by atoms with Crippen molar-refractivity contribution in [2.45, 2.75) is 32.7 Å². The van der Waals surface area contributed by atoms with Crippen LogP contribution in [0.1, 0.15) is 26.7 Å². The monoisotopic (exact) mass is 356 g/mol. The van der Waals surface area contributed by atoms with Gasteiger partial charge in [-0.2, -0.15) is 0 Å². The molecule has 0 bridgehead atoms. The predicted octanol–water partition coefficient (Wildman–Crippen LogP) is 2.97. The van der Waals surface area contributed by atoms with Gasteiger partial charge in [-0.3, -0.25) is 10.1 Å². The quantitative estimate of drug-likeness (QED) is 0.648. The minimum Gasteiger partial charge on any atom is -0.355 e. The molecule has 1 aliphatic heterocycles. The Bertz CT molecular complexity index is 510. The highest BCUT2D eigenvalue weighted by Gasteiger charge is 2.23. The third kappa shape index (κ3) is 4.38. The highest BCUT2D eigenvalue weighted by atomic mass is 79.9. The molecule has 2 heterocycles. The third-order valence-electron chi connectivity index (χ3n) is 3.65. The van der Waals surface area contributed by atoms with Gasteiger partial charge in [0.25, 0.3) is 5.69 Å². The van der Waals surface area contributed by atoms with Gasteiger partial charge in [-0.1, -0.05) is 13.8 Å². The molecule has 6 nitrogen and oxygen atoms in total. The van der Waals surface area contributed by atoms with Crippen molar-refractivity contribution in [2.75, 3.05) is 24.5 Å². The van der Waals surface area contributed by atoms with E-state index < -0.39 is 4.92 Å². The number of aromatic nitrogens is 1. The van der Waals surface area contributed by atoms with Crippen molar-refractivity contribution in [2.24, 2.45) is 5.92 Å². The molecule has 116 valence electrons. The zero-order valence-corrected chi connectivity index (χ0v) is 14.0. The average molecular weight is 357 g/mol. The standard InChI is InChI=1S/C14H21BrN4O2/c1-10(2)16-7-11-4-3-5-18(9-11)14-13(15)6-12(8-17-14)19(20)21/h6,8,10-11,16H,3-5,7,9H2,1-2H3. The van der Waals surface area contributed by atoms with E-state index >= 15 is 0 Å². The van der Waals surface area contributed by atoms with Crippen LogP contribution in [0.4, 0.5) is 11.5 Å². The molecular weight excluding hydrogens is 336 g/mol. The van der Waals surface area contributed by atoms with Crippen molar-refractivity contribution in [3.63, 3.8) is 0 Å². The smallest absolute Gasteiger partial charge is 0.288 e. The molecule has 7 heteroatoms. The van der Waals surface area contributed by atoms with E-state index in [2.05, 4.69) is 45.0 Å². The van der Waals surface area contributed by atoms with Gasteiger partial charge in [0.05, 0.1) is 9.40 Å². The molecule has 0 saturated carbocycles. The first-order chi connectivity index (χ1) is 9.97.